The lowest BCUT2D eigenvalue weighted by Gasteiger charge is -2.32. The van der Waals surface area contributed by atoms with Gasteiger partial charge in [-0.3, -0.25) is 9.97 Å². The van der Waals surface area contributed by atoms with E-state index in [0.717, 1.165) is 75.0 Å². The van der Waals surface area contributed by atoms with Crippen LogP contribution in [0.4, 0.5) is 11.6 Å². The molecule has 0 atom stereocenters. The summed E-state index contributed by atoms with van der Waals surface area (Å²) in [5, 5.41) is 9.36. The maximum absolute atomic E-state index is 13.3. The Bertz CT molecular complexity index is 4480. The first-order valence-electron chi connectivity index (χ1n) is 29.0. The average Bonchev–Trinajstić information content (AvgIpc) is 1.66. The minimum Gasteiger partial charge on any atom is -0.480 e. The molecule has 2 N–H and O–H groups in total. The molecular weight excluding hydrogens is 1200 g/mol. The Morgan fingerprint density at radius 3 is 1.48 bits per heavy atom. The van der Waals surface area contributed by atoms with E-state index in [-0.39, 0.29) is 26.8 Å². The van der Waals surface area contributed by atoms with Crippen LogP contribution in [-0.2, 0) is 55.5 Å². The van der Waals surface area contributed by atoms with Crippen molar-refractivity contribution in [3.8, 4) is 45.4 Å². The third-order valence-corrected chi connectivity index (χ3v) is 19.1. The highest BCUT2D eigenvalue weighted by Gasteiger charge is 2.52. The van der Waals surface area contributed by atoms with Gasteiger partial charge in [-0.1, -0.05) is 72.8 Å². The summed E-state index contributed by atoms with van der Waals surface area (Å²) in [6.07, 6.45) is 10.5. The number of nitrogens with one attached hydrogen (secondary N) is 2. The van der Waals surface area contributed by atoms with Crippen LogP contribution >= 0.6 is 11.6 Å². The van der Waals surface area contributed by atoms with E-state index >= 15 is 0 Å². The monoisotopic (exact) mass is 1270 g/mol. The number of rotatable bonds is 12. The quantitative estimate of drug-likeness (QED) is 0.108. The summed E-state index contributed by atoms with van der Waals surface area (Å²) in [6, 6.07) is 35.5. The standard InChI is InChI=1S/C29H29N7O3S.C19H14ClN5.C16H27BN2O5S/c1-29(2,3)34-40(37,38)24-15-21(16-31-28(24)39-4)26-32-27(35-17-20-11-8-13-30-23(20)18-35)25-22(12-14-36(25)33-26)19-9-6-5-7-10-19;20-19-22-18(24-11-14-7-4-9-21-16(14)12-24)17-15(8-10-25(17)23-19)13-5-2-1-3-6-13;1-14(2,3)19-25(20,21)12-9-11(10-18-13(12)22-8)17-23-15(4,5)16(6,7)24-17/h5-16,34H,17-18H2,1-4H3;1-10H,11-12H2;9-10,19H,1-8H3. The van der Waals surface area contributed by atoms with Crippen molar-refractivity contribution in [3.05, 3.63) is 174 Å². The maximum Gasteiger partial charge on any atom is 0.496 e. The highest BCUT2D eigenvalue weighted by molar-refractivity contribution is 7.90. The molecule has 0 bridgehead atoms. The number of fused-ring (bicyclic) bond motifs is 4. The zero-order valence-corrected chi connectivity index (χ0v) is 54.5. The molecule has 13 rings (SSSR count). The SMILES string of the molecule is COc1ncc(-c2nc(N3Cc4cccnc4C3)c3c(-c4ccccc4)ccn3n2)cc1S(=O)(=O)NC(C)(C)C.COc1ncc(B2OC(C)(C)C(C)(C)O2)cc1S(=O)(=O)NC(C)(C)C.Clc1nc(N2Cc3cccnc3C2)c2c(-c3ccccc3)ccn2n1. The molecule has 0 spiro atoms. The van der Waals surface area contributed by atoms with E-state index in [1.807, 2.05) is 105 Å². The minimum absolute atomic E-state index is 0.00445. The second-order valence-corrected chi connectivity index (χ2v) is 28.6. The molecule has 3 aliphatic heterocycles. The van der Waals surface area contributed by atoms with Crippen LogP contribution in [0.5, 0.6) is 11.8 Å². The number of benzene rings is 2. The number of ether oxygens (including phenoxy) is 2. The lowest BCUT2D eigenvalue weighted by molar-refractivity contribution is 0.00578. The Morgan fingerprint density at radius 1 is 0.556 bits per heavy atom. The van der Waals surface area contributed by atoms with Gasteiger partial charge in [0.15, 0.2) is 17.5 Å². The van der Waals surface area contributed by atoms with Crippen molar-refractivity contribution in [2.45, 2.75) is 127 Å². The molecular formula is C64H70BClN14O8S2. The molecule has 1 fully saturated rings. The number of nitrogens with zero attached hydrogens (tertiary/aromatic N) is 12. The van der Waals surface area contributed by atoms with E-state index in [1.54, 1.807) is 52.3 Å². The number of aromatic nitrogens is 10. The van der Waals surface area contributed by atoms with Crippen molar-refractivity contribution in [1.82, 2.24) is 58.6 Å². The highest BCUT2D eigenvalue weighted by atomic mass is 35.5. The van der Waals surface area contributed by atoms with E-state index in [2.05, 4.69) is 91.7 Å². The van der Waals surface area contributed by atoms with Crippen LogP contribution in [0.2, 0.25) is 5.28 Å². The van der Waals surface area contributed by atoms with Gasteiger partial charge in [0.2, 0.25) is 37.1 Å². The number of anilines is 2. The van der Waals surface area contributed by atoms with Crippen molar-refractivity contribution >= 4 is 66.9 Å². The number of hydrogen-bond acceptors (Lipinski definition) is 18. The van der Waals surface area contributed by atoms with E-state index in [9.17, 15) is 16.8 Å². The van der Waals surface area contributed by atoms with E-state index in [1.165, 1.54) is 44.3 Å². The number of sulfonamides is 2. The van der Waals surface area contributed by atoms with Crippen molar-refractivity contribution in [1.29, 1.82) is 0 Å². The molecule has 1 saturated heterocycles. The lowest BCUT2D eigenvalue weighted by atomic mass is 9.80. The van der Waals surface area contributed by atoms with Crippen LogP contribution < -0.4 is 34.2 Å². The van der Waals surface area contributed by atoms with Crippen molar-refractivity contribution in [2.75, 3.05) is 24.0 Å². The highest BCUT2D eigenvalue weighted by Crippen LogP contribution is 2.40. The molecule has 22 nitrogen and oxygen atoms in total. The molecule has 11 heterocycles. The molecule has 0 aliphatic carbocycles. The molecule has 0 amide bonds. The second-order valence-electron chi connectivity index (χ2n) is 25.0. The van der Waals surface area contributed by atoms with Gasteiger partial charge in [0.1, 0.15) is 20.8 Å². The van der Waals surface area contributed by atoms with Gasteiger partial charge in [-0.2, -0.15) is 4.98 Å². The Balaban J connectivity index is 0.000000146. The van der Waals surface area contributed by atoms with Crippen LogP contribution in [0.15, 0.2) is 156 Å². The zero-order valence-electron chi connectivity index (χ0n) is 52.1. The molecule has 466 valence electrons. The second kappa shape index (κ2) is 24.4. The third-order valence-electron chi connectivity index (χ3n) is 15.4. The maximum atomic E-state index is 13.3. The first-order chi connectivity index (χ1) is 42.6. The fraction of sp³-hybridized carbons (Fsp3) is 0.312. The van der Waals surface area contributed by atoms with Gasteiger partial charge in [-0.25, -0.2) is 50.3 Å². The summed E-state index contributed by atoms with van der Waals surface area (Å²) >= 11 is 6.18. The number of halogens is 1. The number of methoxy groups -OCH3 is 2. The van der Waals surface area contributed by atoms with Gasteiger partial charge < -0.3 is 28.6 Å². The van der Waals surface area contributed by atoms with Crippen LogP contribution in [0.25, 0.3) is 44.7 Å². The Morgan fingerprint density at radius 2 is 1.01 bits per heavy atom. The van der Waals surface area contributed by atoms with Crippen molar-refractivity contribution in [3.63, 3.8) is 0 Å². The molecule has 90 heavy (non-hydrogen) atoms. The van der Waals surface area contributed by atoms with Crippen molar-refractivity contribution in [2.24, 2.45) is 0 Å². The summed E-state index contributed by atoms with van der Waals surface area (Å²) in [6.45, 7) is 21.1. The molecule has 0 radical (unpaired) electrons. The zero-order chi connectivity index (χ0) is 64.1. The predicted molar refractivity (Wildman–Crippen MR) is 347 cm³/mol. The fourth-order valence-corrected chi connectivity index (χ4v) is 14.0. The molecule has 2 aromatic carbocycles. The van der Waals surface area contributed by atoms with Gasteiger partial charge in [-0.15, -0.1) is 10.2 Å². The molecule has 26 heteroatoms. The van der Waals surface area contributed by atoms with Gasteiger partial charge in [0, 0.05) is 83.5 Å². The summed E-state index contributed by atoms with van der Waals surface area (Å²) in [7, 11) is -5.69. The molecule has 8 aromatic heterocycles. The van der Waals surface area contributed by atoms with E-state index < -0.39 is 49.4 Å². The number of hydrogen-bond donors (Lipinski definition) is 2. The summed E-state index contributed by atoms with van der Waals surface area (Å²) < 4.78 is 83.3. The summed E-state index contributed by atoms with van der Waals surface area (Å²) in [5.41, 5.74) is 9.12. The summed E-state index contributed by atoms with van der Waals surface area (Å²) in [4.78, 5) is 31.3. The molecule has 10 aromatic rings. The first-order valence-corrected chi connectivity index (χ1v) is 32.4. The Labute approximate surface area is 529 Å². The normalized spacial score (nSPS) is 15.3. The molecule has 0 unspecified atom stereocenters. The van der Waals surface area contributed by atoms with Crippen LogP contribution in [0, 0.1) is 0 Å². The van der Waals surface area contributed by atoms with Crippen LogP contribution in [0.3, 0.4) is 0 Å². The van der Waals surface area contributed by atoms with E-state index in [4.69, 9.17) is 40.5 Å². The van der Waals surface area contributed by atoms with Gasteiger partial charge >= 0.3 is 7.12 Å². The van der Waals surface area contributed by atoms with Crippen LogP contribution in [-0.4, -0.2) is 110 Å². The average molecular weight is 1270 g/mol. The van der Waals surface area contributed by atoms with Gasteiger partial charge in [0.25, 0.3) is 0 Å². The Kier molecular flexibility index (Phi) is 17.1. The van der Waals surface area contributed by atoms with Crippen LogP contribution in [0.1, 0.15) is 91.8 Å². The van der Waals surface area contributed by atoms with Gasteiger partial charge in [0.05, 0.1) is 49.9 Å². The smallest absolute Gasteiger partial charge is 0.480 e. The fourth-order valence-electron chi connectivity index (χ4n) is 10.7. The Hall–Kier alpha value is -8.43. The minimum atomic E-state index is -3.95. The van der Waals surface area contributed by atoms with Crippen molar-refractivity contribution < 1.29 is 35.6 Å². The molecule has 0 saturated carbocycles. The summed E-state index contributed by atoms with van der Waals surface area (Å²) in [5.74, 6) is 1.91. The topological polar surface area (TPSA) is 248 Å². The molecule has 3 aliphatic rings. The predicted octanol–water partition coefficient (Wildman–Crippen LogP) is 9.89. The van der Waals surface area contributed by atoms with Gasteiger partial charge in [-0.05, 0) is 139 Å². The largest absolute Gasteiger partial charge is 0.496 e. The van der Waals surface area contributed by atoms with E-state index in [0.29, 0.717) is 29.9 Å². The number of pyridine rings is 4. The lowest BCUT2D eigenvalue weighted by Crippen LogP contribution is -2.41. The third kappa shape index (κ3) is 13.2. The first kappa shape index (κ1) is 63.2.